The maximum absolute atomic E-state index is 9.99. The second-order valence-electron chi connectivity index (χ2n) is 4.18. The van der Waals surface area contributed by atoms with Crippen LogP contribution in [0.1, 0.15) is 6.23 Å². The van der Waals surface area contributed by atoms with Gasteiger partial charge < -0.3 is 25.8 Å². The molecule has 1 aromatic rings. The summed E-state index contributed by atoms with van der Waals surface area (Å²) in [4.78, 5) is 3.85. The maximum atomic E-state index is 9.99. The quantitative estimate of drug-likeness (QED) is 0.398. The summed E-state index contributed by atoms with van der Waals surface area (Å²) in [6.45, 7) is -0.631. The van der Waals surface area contributed by atoms with Gasteiger partial charge >= 0.3 is 0 Å². The zero-order chi connectivity index (χ0) is 14.2. The Hall–Kier alpha value is -1.50. The summed E-state index contributed by atoms with van der Waals surface area (Å²) >= 11 is 5.00. The fraction of sp³-hybridized carbons (Fsp3) is 0.455. The summed E-state index contributed by atoms with van der Waals surface area (Å²) in [5, 5.41) is 29.2. The number of nitrogens with zero attached hydrogens (tertiary/aromatic N) is 2. The first kappa shape index (κ1) is 13.9. The molecule has 0 radical (unpaired) electrons. The van der Waals surface area contributed by atoms with Crippen LogP contribution in [0, 0.1) is 17.1 Å². The summed E-state index contributed by atoms with van der Waals surface area (Å²) < 4.78 is 6.79. The second kappa shape index (κ2) is 4.88. The molecule has 1 aliphatic heterocycles. The highest BCUT2D eigenvalue weighted by Crippen LogP contribution is 2.36. The number of hydrogen-bond acceptors (Lipinski definition) is 7. The average Bonchev–Trinajstić information content (AvgIpc) is 2.64. The van der Waals surface area contributed by atoms with Crippen LogP contribution in [0.2, 0.25) is 0 Å². The van der Waals surface area contributed by atoms with Crippen molar-refractivity contribution in [3.63, 3.8) is 0 Å². The molecular formula is C11H13N3O4S. The lowest BCUT2D eigenvalue weighted by atomic mass is 9.97. The Morgan fingerprint density at radius 2 is 2.32 bits per heavy atom. The summed E-state index contributed by atoms with van der Waals surface area (Å²) in [6.07, 6.45) is 2.90. The molecule has 4 atom stereocenters. The maximum Gasteiger partial charge on any atom is 0.203 e. The minimum absolute atomic E-state index is 0.0713. The Labute approximate surface area is 114 Å². The minimum atomic E-state index is -1.67. The Bertz CT molecular complexity index is 584. The molecule has 1 aliphatic rings. The van der Waals surface area contributed by atoms with Crippen molar-refractivity contribution in [3.8, 4) is 12.3 Å². The molecule has 0 bridgehead atoms. The molecule has 19 heavy (non-hydrogen) atoms. The third kappa shape index (κ3) is 2.11. The SMILES string of the molecule is C#C[C@]1(CO)O[C@@H](n2ccc(N)nc2=S)[C@@H](O)[C@H]1O. The number of terminal acetylenes is 1. The predicted molar refractivity (Wildman–Crippen MR) is 68.3 cm³/mol. The van der Waals surface area contributed by atoms with Crippen molar-refractivity contribution in [1.82, 2.24) is 9.55 Å². The van der Waals surface area contributed by atoms with Crippen molar-refractivity contribution in [2.45, 2.75) is 24.0 Å². The summed E-state index contributed by atoms with van der Waals surface area (Å²) in [5.74, 6) is 2.39. The molecule has 102 valence electrons. The van der Waals surface area contributed by atoms with Crippen molar-refractivity contribution in [3.05, 3.63) is 17.0 Å². The third-order valence-corrected chi connectivity index (χ3v) is 3.33. The largest absolute Gasteiger partial charge is 0.392 e. The van der Waals surface area contributed by atoms with Gasteiger partial charge in [-0.3, -0.25) is 4.57 Å². The van der Waals surface area contributed by atoms with Gasteiger partial charge in [-0.05, 0) is 18.3 Å². The number of anilines is 1. The lowest BCUT2D eigenvalue weighted by Gasteiger charge is -2.23. The van der Waals surface area contributed by atoms with Gasteiger partial charge in [-0.25, -0.2) is 4.98 Å². The molecular weight excluding hydrogens is 270 g/mol. The van der Waals surface area contributed by atoms with Crippen LogP contribution in [0.4, 0.5) is 5.82 Å². The van der Waals surface area contributed by atoms with Crippen LogP contribution in [0.25, 0.3) is 0 Å². The van der Waals surface area contributed by atoms with E-state index in [9.17, 15) is 15.3 Å². The van der Waals surface area contributed by atoms with Crippen LogP contribution in [-0.4, -0.2) is 49.3 Å². The first-order chi connectivity index (χ1) is 8.95. The van der Waals surface area contributed by atoms with Gasteiger partial charge in [0, 0.05) is 6.20 Å². The van der Waals surface area contributed by atoms with E-state index in [0.717, 1.165) is 0 Å². The smallest absolute Gasteiger partial charge is 0.203 e. The molecule has 0 saturated carbocycles. The molecule has 5 N–H and O–H groups in total. The van der Waals surface area contributed by atoms with Crippen LogP contribution in [0.5, 0.6) is 0 Å². The molecule has 0 aromatic carbocycles. The Kier molecular flexibility index (Phi) is 3.58. The minimum Gasteiger partial charge on any atom is -0.392 e. The Morgan fingerprint density at radius 1 is 1.63 bits per heavy atom. The van der Waals surface area contributed by atoms with E-state index < -0.39 is 30.6 Å². The monoisotopic (exact) mass is 283 g/mol. The lowest BCUT2D eigenvalue weighted by Crippen LogP contribution is -2.44. The van der Waals surface area contributed by atoms with Crippen molar-refractivity contribution < 1.29 is 20.1 Å². The molecule has 2 rings (SSSR count). The van der Waals surface area contributed by atoms with Crippen LogP contribution in [0.3, 0.4) is 0 Å². The fourth-order valence-electron chi connectivity index (χ4n) is 1.92. The number of aliphatic hydroxyl groups excluding tert-OH is 3. The van der Waals surface area contributed by atoms with E-state index in [1.54, 1.807) is 0 Å². The number of nitrogens with two attached hydrogens (primary N) is 1. The molecule has 0 unspecified atom stereocenters. The number of nitrogen functional groups attached to an aromatic ring is 1. The van der Waals surface area contributed by atoms with Crippen LogP contribution < -0.4 is 5.73 Å². The van der Waals surface area contributed by atoms with Gasteiger partial charge in [0.05, 0.1) is 6.61 Å². The van der Waals surface area contributed by atoms with Gasteiger partial charge in [-0.1, -0.05) is 5.92 Å². The van der Waals surface area contributed by atoms with Crippen molar-refractivity contribution in [1.29, 1.82) is 0 Å². The van der Waals surface area contributed by atoms with Gasteiger partial charge in [0.25, 0.3) is 0 Å². The normalized spacial score (nSPS) is 34.1. The summed E-state index contributed by atoms with van der Waals surface area (Å²) in [7, 11) is 0. The van der Waals surface area contributed by atoms with Crippen LogP contribution in [-0.2, 0) is 4.74 Å². The molecule has 1 aromatic heterocycles. The first-order valence-corrected chi connectivity index (χ1v) is 5.83. The molecule has 1 saturated heterocycles. The first-order valence-electron chi connectivity index (χ1n) is 5.42. The van der Waals surface area contributed by atoms with Crippen molar-refractivity contribution in [2.24, 2.45) is 0 Å². The predicted octanol–water partition coefficient (Wildman–Crippen LogP) is -1.19. The van der Waals surface area contributed by atoms with Gasteiger partial charge in [0.1, 0.15) is 18.0 Å². The standard InChI is InChI=1S/C11H13N3O4S/c1-2-11(5-15)8(17)7(16)9(18-11)14-4-3-6(12)13-10(14)19/h1,3-4,7-9,15-17H,5H2,(H2,12,13,19)/t7-,8+,9+,11+/m0/s1. The van der Waals surface area contributed by atoms with E-state index in [1.165, 1.54) is 16.8 Å². The van der Waals surface area contributed by atoms with Crippen molar-refractivity contribution in [2.75, 3.05) is 12.3 Å². The zero-order valence-corrected chi connectivity index (χ0v) is 10.6. The Morgan fingerprint density at radius 3 is 2.79 bits per heavy atom. The third-order valence-electron chi connectivity index (χ3n) is 3.03. The second-order valence-corrected chi connectivity index (χ2v) is 4.54. The Balaban J connectivity index is 2.43. The fourth-order valence-corrected chi connectivity index (χ4v) is 2.19. The van der Waals surface area contributed by atoms with E-state index in [2.05, 4.69) is 10.9 Å². The number of aliphatic hydroxyl groups is 3. The van der Waals surface area contributed by atoms with Crippen LogP contribution >= 0.6 is 12.2 Å². The molecule has 7 nitrogen and oxygen atoms in total. The number of rotatable bonds is 2. The van der Waals surface area contributed by atoms with Gasteiger partial charge in [0.2, 0.25) is 4.77 Å². The highest BCUT2D eigenvalue weighted by atomic mass is 32.1. The van der Waals surface area contributed by atoms with Crippen LogP contribution in [0.15, 0.2) is 12.3 Å². The van der Waals surface area contributed by atoms with Gasteiger partial charge in [-0.15, -0.1) is 6.42 Å². The molecule has 8 heteroatoms. The summed E-state index contributed by atoms with van der Waals surface area (Å²) in [5.41, 5.74) is 3.81. The summed E-state index contributed by atoms with van der Waals surface area (Å²) in [6, 6.07) is 1.47. The van der Waals surface area contributed by atoms with E-state index in [-0.39, 0.29) is 10.6 Å². The number of aromatic nitrogens is 2. The highest BCUT2D eigenvalue weighted by Gasteiger charge is 2.54. The zero-order valence-electron chi connectivity index (χ0n) is 9.80. The molecule has 1 fully saturated rings. The van der Waals surface area contributed by atoms with Gasteiger partial charge in [0.15, 0.2) is 11.8 Å². The molecule has 2 heterocycles. The van der Waals surface area contributed by atoms with Crippen molar-refractivity contribution >= 4 is 18.0 Å². The number of ether oxygens (including phenoxy) is 1. The lowest BCUT2D eigenvalue weighted by molar-refractivity contribution is -0.0930. The van der Waals surface area contributed by atoms with E-state index in [4.69, 9.17) is 29.1 Å². The molecule has 0 aliphatic carbocycles. The van der Waals surface area contributed by atoms with E-state index >= 15 is 0 Å². The molecule has 0 spiro atoms. The molecule has 0 amide bonds. The number of hydrogen-bond donors (Lipinski definition) is 4. The van der Waals surface area contributed by atoms with Gasteiger partial charge in [-0.2, -0.15) is 0 Å². The topological polar surface area (TPSA) is 114 Å². The highest BCUT2D eigenvalue weighted by molar-refractivity contribution is 7.71. The van der Waals surface area contributed by atoms with E-state index in [0.29, 0.717) is 0 Å². The van der Waals surface area contributed by atoms with E-state index in [1.807, 2.05) is 0 Å². The average molecular weight is 283 g/mol.